The third-order valence-corrected chi connectivity index (χ3v) is 3.37. The standard InChI is InChI=1S/C17H27FN4O2/c1-11(2)8-13(10-22(4)5)21-17(24)20-12-6-7-15(18)14(9-12)16(23)19-3/h6-7,9,11,13H,8,10H2,1-5H3,(H,19,23)(H2,20,21,24)/t13-/m1/s1. The van der Waals surface area contributed by atoms with Gasteiger partial charge in [-0.15, -0.1) is 0 Å². The second-order valence-electron chi connectivity index (χ2n) is 6.46. The summed E-state index contributed by atoms with van der Waals surface area (Å²) >= 11 is 0. The molecule has 0 aliphatic rings. The number of nitrogens with zero attached hydrogens (tertiary/aromatic N) is 1. The van der Waals surface area contributed by atoms with Gasteiger partial charge in [0, 0.05) is 25.3 Å². The van der Waals surface area contributed by atoms with Crippen molar-refractivity contribution in [3.63, 3.8) is 0 Å². The van der Waals surface area contributed by atoms with E-state index in [-0.39, 0.29) is 17.6 Å². The summed E-state index contributed by atoms with van der Waals surface area (Å²) in [5.74, 6) is -0.728. The molecule has 1 aromatic rings. The summed E-state index contributed by atoms with van der Waals surface area (Å²) in [4.78, 5) is 25.8. The highest BCUT2D eigenvalue weighted by atomic mass is 19.1. The Morgan fingerprint density at radius 2 is 1.92 bits per heavy atom. The molecular formula is C17H27FN4O2. The first-order valence-corrected chi connectivity index (χ1v) is 7.96. The van der Waals surface area contributed by atoms with Crippen LogP contribution < -0.4 is 16.0 Å². The molecule has 1 aromatic carbocycles. The van der Waals surface area contributed by atoms with Gasteiger partial charge in [0.1, 0.15) is 5.82 Å². The van der Waals surface area contributed by atoms with Gasteiger partial charge in [-0.2, -0.15) is 0 Å². The minimum atomic E-state index is -0.634. The molecule has 0 aliphatic carbocycles. The third-order valence-electron chi connectivity index (χ3n) is 3.37. The van der Waals surface area contributed by atoms with Crippen LogP contribution in [0.1, 0.15) is 30.6 Å². The number of hydrogen-bond donors (Lipinski definition) is 3. The predicted molar refractivity (Wildman–Crippen MR) is 93.7 cm³/mol. The molecule has 24 heavy (non-hydrogen) atoms. The van der Waals surface area contributed by atoms with Crippen molar-refractivity contribution < 1.29 is 14.0 Å². The molecule has 7 heteroatoms. The maximum atomic E-state index is 13.6. The predicted octanol–water partition coefficient (Wildman–Crippen LogP) is 2.28. The summed E-state index contributed by atoms with van der Waals surface area (Å²) < 4.78 is 13.6. The minimum Gasteiger partial charge on any atom is -0.355 e. The van der Waals surface area contributed by atoms with Crippen molar-refractivity contribution >= 4 is 17.6 Å². The van der Waals surface area contributed by atoms with Gasteiger partial charge in [-0.05, 0) is 44.6 Å². The van der Waals surface area contributed by atoms with E-state index < -0.39 is 11.7 Å². The van der Waals surface area contributed by atoms with Gasteiger partial charge in [0.05, 0.1) is 5.56 Å². The first-order chi connectivity index (χ1) is 11.2. The van der Waals surface area contributed by atoms with E-state index in [1.165, 1.54) is 19.2 Å². The highest BCUT2D eigenvalue weighted by Crippen LogP contribution is 2.15. The van der Waals surface area contributed by atoms with Gasteiger partial charge in [0.25, 0.3) is 5.91 Å². The molecule has 0 fully saturated rings. The van der Waals surface area contributed by atoms with Gasteiger partial charge in [0.15, 0.2) is 0 Å². The summed E-state index contributed by atoms with van der Waals surface area (Å²) in [5.41, 5.74) is 0.253. The molecule has 3 N–H and O–H groups in total. The van der Waals surface area contributed by atoms with Crippen LogP contribution in [0.25, 0.3) is 0 Å². The van der Waals surface area contributed by atoms with Crippen LogP contribution in [0.15, 0.2) is 18.2 Å². The van der Waals surface area contributed by atoms with Gasteiger partial charge in [-0.25, -0.2) is 9.18 Å². The molecule has 0 saturated heterocycles. The molecule has 1 atom stereocenters. The zero-order valence-corrected chi connectivity index (χ0v) is 14.9. The summed E-state index contributed by atoms with van der Waals surface area (Å²) in [6.07, 6.45) is 0.846. The van der Waals surface area contributed by atoms with E-state index in [1.807, 2.05) is 19.0 Å². The van der Waals surface area contributed by atoms with Crippen molar-refractivity contribution in [2.75, 3.05) is 33.0 Å². The average Bonchev–Trinajstić information content (AvgIpc) is 2.46. The van der Waals surface area contributed by atoms with E-state index in [2.05, 4.69) is 29.8 Å². The van der Waals surface area contributed by atoms with Crippen LogP contribution in [0.3, 0.4) is 0 Å². The number of halogens is 1. The zero-order chi connectivity index (χ0) is 18.3. The molecule has 0 aromatic heterocycles. The summed E-state index contributed by atoms with van der Waals surface area (Å²) in [7, 11) is 5.32. The lowest BCUT2D eigenvalue weighted by molar-refractivity contribution is 0.0959. The largest absolute Gasteiger partial charge is 0.355 e. The van der Waals surface area contributed by atoms with Crippen molar-refractivity contribution in [3.05, 3.63) is 29.6 Å². The number of anilines is 1. The number of carbonyl (C=O) groups excluding carboxylic acids is 2. The zero-order valence-electron chi connectivity index (χ0n) is 14.9. The Hall–Kier alpha value is -2.15. The molecule has 1 rings (SSSR count). The van der Waals surface area contributed by atoms with E-state index in [9.17, 15) is 14.0 Å². The number of carbonyl (C=O) groups is 2. The van der Waals surface area contributed by atoms with Crippen LogP contribution in [0, 0.1) is 11.7 Å². The Morgan fingerprint density at radius 3 is 2.46 bits per heavy atom. The normalized spacial score (nSPS) is 12.2. The first-order valence-electron chi connectivity index (χ1n) is 7.96. The van der Waals surface area contributed by atoms with Crippen molar-refractivity contribution in [1.29, 1.82) is 0 Å². The van der Waals surface area contributed by atoms with Crippen LogP contribution >= 0.6 is 0 Å². The van der Waals surface area contributed by atoms with Crippen LogP contribution in [0.5, 0.6) is 0 Å². The average molecular weight is 338 g/mol. The fraction of sp³-hybridized carbons (Fsp3) is 0.529. The maximum absolute atomic E-state index is 13.6. The number of urea groups is 1. The molecule has 0 aliphatic heterocycles. The SMILES string of the molecule is CNC(=O)c1cc(NC(=O)N[C@H](CC(C)C)CN(C)C)ccc1F. The number of benzene rings is 1. The second kappa shape index (κ2) is 9.22. The van der Waals surface area contributed by atoms with Crippen LogP contribution in [-0.4, -0.2) is 50.6 Å². The molecule has 0 unspecified atom stereocenters. The van der Waals surface area contributed by atoms with Crippen molar-refractivity contribution in [3.8, 4) is 0 Å². The first kappa shape index (κ1) is 19.9. The van der Waals surface area contributed by atoms with Crippen LogP contribution in [0.2, 0.25) is 0 Å². The van der Waals surface area contributed by atoms with Gasteiger partial charge in [-0.3, -0.25) is 4.79 Å². The summed E-state index contributed by atoms with van der Waals surface area (Å²) in [6, 6.07) is 3.52. The Bertz CT molecular complexity index is 566. The molecule has 0 spiro atoms. The van der Waals surface area contributed by atoms with E-state index in [4.69, 9.17) is 0 Å². The van der Waals surface area contributed by atoms with Crippen molar-refractivity contribution in [1.82, 2.24) is 15.5 Å². The number of rotatable bonds is 7. The van der Waals surface area contributed by atoms with Gasteiger partial charge < -0.3 is 20.9 Å². The van der Waals surface area contributed by atoms with E-state index in [0.29, 0.717) is 11.6 Å². The molecule has 0 saturated carbocycles. The lowest BCUT2D eigenvalue weighted by atomic mass is 10.0. The smallest absolute Gasteiger partial charge is 0.319 e. The number of hydrogen-bond acceptors (Lipinski definition) is 3. The Morgan fingerprint density at radius 1 is 1.25 bits per heavy atom. The highest BCUT2D eigenvalue weighted by Gasteiger charge is 2.16. The third kappa shape index (κ3) is 6.54. The monoisotopic (exact) mass is 338 g/mol. The van der Waals surface area contributed by atoms with E-state index in [0.717, 1.165) is 19.0 Å². The Labute approximate surface area is 142 Å². The Kier molecular flexibility index (Phi) is 7.64. The minimum absolute atomic E-state index is 0.00106. The molecule has 0 heterocycles. The summed E-state index contributed by atoms with van der Waals surface area (Å²) in [6.45, 7) is 4.91. The molecule has 0 radical (unpaired) electrons. The number of amides is 3. The van der Waals surface area contributed by atoms with Gasteiger partial charge in [-0.1, -0.05) is 13.8 Å². The molecular weight excluding hydrogens is 311 g/mol. The highest BCUT2D eigenvalue weighted by molar-refractivity contribution is 5.97. The molecule has 6 nitrogen and oxygen atoms in total. The fourth-order valence-electron chi connectivity index (χ4n) is 2.45. The van der Waals surface area contributed by atoms with Gasteiger partial charge >= 0.3 is 6.03 Å². The molecule has 134 valence electrons. The topological polar surface area (TPSA) is 73.5 Å². The van der Waals surface area contributed by atoms with Crippen molar-refractivity contribution in [2.45, 2.75) is 26.3 Å². The van der Waals surface area contributed by atoms with Crippen LogP contribution in [-0.2, 0) is 0 Å². The maximum Gasteiger partial charge on any atom is 0.319 e. The molecule has 0 bridgehead atoms. The summed E-state index contributed by atoms with van der Waals surface area (Å²) in [5, 5.41) is 7.93. The van der Waals surface area contributed by atoms with E-state index in [1.54, 1.807) is 0 Å². The lowest BCUT2D eigenvalue weighted by Gasteiger charge is -2.24. The Balaban J connectivity index is 2.77. The van der Waals surface area contributed by atoms with Gasteiger partial charge in [0.2, 0.25) is 0 Å². The second-order valence-corrected chi connectivity index (χ2v) is 6.46. The van der Waals surface area contributed by atoms with E-state index >= 15 is 0 Å². The lowest BCUT2D eigenvalue weighted by Crippen LogP contribution is -2.44. The molecule has 3 amide bonds. The quantitative estimate of drug-likeness (QED) is 0.714. The number of likely N-dealkylation sites (N-methyl/N-ethyl adjacent to an activating group) is 1. The fourth-order valence-corrected chi connectivity index (χ4v) is 2.45. The van der Waals surface area contributed by atoms with Crippen molar-refractivity contribution in [2.24, 2.45) is 5.92 Å². The number of nitrogens with one attached hydrogen (secondary N) is 3. The van der Waals surface area contributed by atoms with Crippen LogP contribution in [0.4, 0.5) is 14.9 Å².